The number of carbonyl (C=O) groups is 2. The van der Waals surface area contributed by atoms with E-state index in [4.69, 9.17) is 5.11 Å². The SMILES string of the molecule is CC1(C)C(C(=O)O)C1C(=O)N[C@H]1c2ccccc2C[C@H]1O. The van der Waals surface area contributed by atoms with Gasteiger partial charge in [0, 0.05) is 6.42 Å². The lowest BCUT2D eigenvalue weighted by Crippen LogP contribution is -2.36. The van der Waals surface area contributed by atoms with E-state index in [2.05, 4.69) is 5.32 Å². The molecule has 0 bridgehead atoms. The monoisotopic (exact) mass is 289 g/mol. The zero-order chi connectivity index (χ0) is 15.4. The van der Waals surface area contributed by atoms with Crippen molar-refractivity contribution < 1.29 is 19.8 Å². The van der Waals surface area contributed by atoms with Crippen LogP contribution >= 0.6 is 0 Å². The summed E-state index contributed by atoms with van der Waals surface area (Å²) in [5, 5.41) is 22.1. The molecule has 2 unspecified atom stereocenters. The van der Waals surface area contributed by atoms with Crippen LogP contribution in [0.4, 0.5) is 0 Å². The molecule has 5 nitrogen and oxygen atoms in total. The zero-order valence-corrected chi connectivity index (χ0v) is 12.0. The molecule has 1 aromatic carbocycles. The highest BCUT2D eigenvalue weighted by atomic mass is 16.4. The Hall–Kier alpha value is -1.88. The third-order valence-corrected chi connectivity index (χ3v) is 4.88. The van der Waals surface area contributed by atoms with Gasteiger partial charge in [0.05, 0.1) is 24.0 Å². The smallest absolute Gasteiger partial charge is 0.307 e. The number of aliphatic hydroxyl groups is 1. The van der Waals surface area contributed by atoms with Gasteiger partial charge >= 0.3 is 5.97 Å². The first-order valence-electron chi connectivity index (χ1n) is 7.13. The molecule has 1 amide bonds. The Morgan fingerprint density at radius 3 is 2.52 bits per heavy atom. The van der Waals surface area contributed by atoms with Gasteiger partial charge in [-0.3, -0.25) is 9.59 Å². The quantitative estimate of drug-likeness (QED) is 0.778. The molecule has 1 fully saturated rings. The Kier molecular flexibility index (Phi) is 3.06. The van der Waals surface area contributed by atoms with Gasteiger partial charge in [-0.05, 0) is 16.5 Å². The summed E-state index contributed by atoms with van der Waals surface area (Å²) in [4.78, 5) is 23.5. The van der Waals surface area contributed by atoms with Crippen LogP contribution in [0.3, 0.4) is 0 Å². The summed E-state index contributed by atoms with van der Waals surface area (Å²) >= 11 is 0. The van der Waals surface area contributed by atoms with Crippen molar-refractivity contribution in [2.24, 2.45) is 17.3 Å². The van der Waals surface area contributed by atoms with Gasteiger partial charge in [0.2, 0.25) is 5.91 Å². The lowest BCUT2D eigenvalue weighted by molar-refractivity contribution is -0.140. The van der Waals surface area contributed by atoms with Crippen molar-refractivity contribution in [3.05, 3.63) is 35.4 Å². The van der Waals surface area contributed by atoms with Crippen LogP contribution in [-0.2, 0) is 16.0 Å². The molecule has 21 heavy (non-hydrogen) atoms. The van der Waals surface area contributed by atoms with Gasteiger partial charge in [0.25, 0.3) is 0 Å². The normalized spacial score (nSPS) is 32.3. The van der Waals surface area contributed by atoms with Gasteiger partial charge in [0.15, 0.2) is 0 Å². The van der Waals surface area contributed by atoms with Crippen molar-refractivity contribution in [3.63, 3.8) is 0 Å². The number of benzene rings is 1. The van der Waals surface area contributed by atoms with Crippen LogP contribution in [0.5, 0.6) is 0 Å². The Morgan fingerprint density at radius 1 is 1.24 bits per heavy atom. The number of aliphatic carboxylic acids is 1. The summed E-state index contributed by atoms with van der Waals surface area (Å²) in [5.74, 6) is -2.40. The molecule has 1 aromatic rings. The number of hydrogen-bond donors (Lipinski definition) is 3. The van der Waals surface area contributed by atoms with Crippen LogP contribution in [0, 0.1) is 17.3 Å². The number of rotatable bonds is 3. The third-order valence-electron chi connectivity index (χ3n) is 4.88. The average molecular weight is 289 g/mol. The minimum Gasteiger partial charge on any atom is -0.481 e. The predicted molar refractivity (Wildman–Crippen MR) is 75.4 cm³/mol. The lowest BCUT2D eigenvalue weighted by atomic mass is 10.1. The summed E-state index contributed by atoms with van der Waals surface area (Å²) in [7, 11) is 0. The summed E-state index contributed by atoms with van der Waals surface area (Å²) in [6.07, 6.45) is -0.145. The highest BCUT2D eigenvalue weighted by Crippen LogP contribution is 2.58. The van der Waals surface area contributed by atoms with E-state index < -0.39 is 35.4 Å². The first kappa shape index (κ1) is 14.1. The number of carboxylic acids is 1. The summed E-state index contributed by atoms with van der Waals surface area (Å²) < 4.78 is 0. The van der Waals surface area contributed by atoms with Crippen LogP contribution in [-0.4, -0.2) is 28.2 Å². The summed E-state index contributed by atoms with van der Waals surface area (Å²) in [6.45, 7) is 3.57. The van der Waals surface area contributed by atoms with Gasteiger partial charge in [0.1, 0.15) is 0 Å². The van der Waals surface area contributed by atoms with Crippen molar-refractivity contribution in [1.29, 1.82) is 0 Å². The van der Waals surface area contributed by atoms with Crippen molar-refractivity contribution in [3.8, 4) is 0 Å². The summed E-state index contributed by atoms with van der Waals surface area (Å²) in [5.41, 5.74) is 1.42. The largest absolute Gasteiger partial charge is 0.481 e. The van der Waals surface area contributed by atoms with Crippen LogP contribution in [0.2, 0.25) is 0 Å². The number of nitrogens with one attached hydrogen (secondary N) is 1. The van der Waals surface area contributed by atoms with Crippen molar-refractivity contribution in [2.45, 2.75) is 32.4 Å². The molecule has 0 saturated heterocycles. The highest BCUT2D eigenvalue weighted by Gasteiger charge is 2.66. The highest BCUT2D eigenvalue weighted by molar-refractivity contribution is 5.92. The van der Waals surface area contributed by atoms with E-state index in [0.717, 1.165) is 11.1 Å². The van der Waals surface area contributed by atoms with E-state index in [1.165, 1.54) is 0 Å². The first-order valence-corrected chi connectivity index (χ1v) is 7.13. The molecule has 5 heteroatoms. The van der Waals surface area contributed by atoms with Gasteiger partial charge in [-0.1, -0.05) is 38.1 Å². The summed E-state index contributed by atoms with van der Waals surface area (Å²) in [6, 6.07) is 7.16. The molecule has 2 aliphatic carbocycles. The maximum absolute atomic E-state index is 12.4. The number of aliphatic hydroxyl groups excluding tert-OH is 1. The van der Waals surface area contributed by atoms with Gasteiger partial charge in [-0.25, -0.2) is 0 Å². The van der Waals surface area contributed by atoms with Crippen LogP contribution < -0.4 is 5.32 Å². The molecule has 3 rings (SSSR count). The van der Waals surface area contributed by atoms with Gasteiger partial charge in [-0.2, -0.15) is 0 Å². The molecule has 0 aliphatic heterocycles. The Balaban J connectivity index is 1.76. The molecule has 0 radical (unpaired) electrons. The molecule has 112 valence electrons. The molecule has 0 heterocycles. The fraction of sp³-hybridized carbons (Fsp3) is 0.500. The third kappa shape index (κ3) is 2.12. The minimum atomic E-state index is -0.937. The number of amides is 1. The zero-order valence-electron chi connectivity index (χ0n) is 12.0. The van der Waals surface area contributed by atoms with E-state index in [1.807, 2.05) is 24.3 Å². The number of fused-ring (bicyclic) bond motifs is 1. The predicted octanol–water partition coefficient (Wildman–Crippen LogP) is 1.12. The second-order valence-corrected chi connectivity index (χ2v) is 6.57. The topological polar surface area (TPSA) is 86.6 Å². The fourth-order valence-corrected chi connectivity index (χ4v) is 3.58. The first-order chi connectivity index (χ1) is 9.84. The van der Waals surface area contributed by atoms with E-state index in [-0.39, 0.29) is 5.91 Å². The molecule has 2 aliphatic rings. The molecule has 0 aromatic heterocycles. The van der Waals surface area contributed by atoms with Crippen molar-refractivity contribution >= 4 is 11.9 Å². The van der Waals surface area contributed by atoms with Gasteiger partial charge < -0.3 is 15.5 Å². The number of hydrogen-bond acceptors (Lipinski definition) is 3. The standard InChI is InChI=1S/C16H19NO4/c1-16(2)11(12(16)15(20)21)14(19)17-13-9-6-4-3-5-8(9)7-10(13)18/h3-6,10-13,18H,7H2,1-2H3,(H,17,19)(H,20,21)/t10-,11?,12?,13+/m1/s1. The van der Waals surface area contributed by atoms with E-state index >= 15 is 0 Å². The van der Waals surface area contributed by atoms with Crippen molar-refractivity contribution in [2.75, 3.05) is 0 Å². The second-order valence-electron chi connectivity index (χ2n) is 6.57. The lowest BCUT2D eigenvalue weighted by Gasteiger charge is -2.18. The second kappa shape index (κ2) is 4.56. The Bertz CT molecular complexity index is 610. The van der Waals surface area contributed by atoms with E-state index in [9.17, 15) is 14.7 Å². The maximum Gasteiger partial charge on any atom is 0.307 e. The van der Waals surface area contributed by atoms with Crippen molar-refractivity contribution in [1.82, 2.24) is 5.32 Å². The van der Waals surface area contributed by atoms with Crippen LogP contribution in [0.25, 0.3) is 0 Å². The maximum atomic E-state index is 12.4. The number of carboxylic acid groups (broad SMARTS) is 1. The Labute approximate surface area is 123 Å². The molecule has 1 saturated carbocycles. The molecule has 0 spiro atoms. The molecule has 3 N–H and O–H groups in total. The average Bonchev–Trinajstić information content (AvgIpc) is 2.86. The van der Waals surface area contributed by atoms with E-state index in [1.54, 1.807) is 13.8 Å². The van der Waals surface area contributed by atoms with Crippen LogP contribution in [0.1, 0.15) is 31.0 Å². The molecular formula is C16H19NO4. The number of carbonyl (C=O) groups excluding carboxylic acids is 1. The van der Waals surface area contributed by atoms with Gasteiger partial charge in [-0.15, -0.1) is 0 Å². The fourth-order valence-electron chi connectivity index (χ4n) is 3.58. The minimum absolute atomic E-state index is 0.284. The molecule has 4 atom stereocenters. The Morgan fingerprint density at radius 2 is 1.90 bits per heavy atom. The molecular weight excluding hydrogens is 270 g/mol. The van der Waals surface area contributed by atoms with Crippen LogP contribution in [0.15, 0.2) is 24.3 Å². The van der Waals surface area contributed by atoms with E-state index in [0.29, 0.717) is 6.42 Å².